The molecule has 0 heterocycles. The lowest BCUT2D eigenvalue weighted by molar-refractivity contribution is -0.117. The van der Waals surface area contributed by atoms with Gasteiger partial charge in [-0.25, -0.2) is 8.42 Å². The Balaban J connectivity index is 1.81. The van der Waals surface area contributed by atoms with Crippen molar-refractivity contribution in [3.8, 4) is 5.75 Å². The molecular formula is C27H31ClN2O4S. The minimum Gasteiger partial charge on any atom is -0.492 e. The molecule has 1 atom stereocenters. The molecule has 3 rings (SSSR count). The number of aryl methyl sites for hydroxylation is 1. The molecule has 0 aliphatic heterocycles. The van der Waals surface area contributed by atoms with Gasteiger partial charge in [-0.2, -0.15) is 4.72 Å². The van der Waals surface area contributed by atoms with Crippen molar-refractivity contribution >= 4 is 33.2 Å². The summed E-state index contributed by atoms with van der Waals surface area (Å²) in [5, 5.41) is 3.03. The van der Waals surface area contributed by atoms with Gasteiger partial charge in [0.25, 0.3) is 0 Å². The summed E-state index contributed by atoms with van der Waals surface area (Å²) in [7, 11) is -4.04. The lowest BCUT2D eigenvalue weighted by Crippen LogP contribution is -2.45. The highest BCUT2D eigenvalue weighted by Gasteiger charge is 2.27. The van der Waals surface area contributed by atoms with Crippen LogP contribution in [-0.2, 0) is 27.7 Å². The van der Waals surface area contributed by atoms with Crippen molar-refractivity contribution in [1.29, 1.82) is 0 Å². The highest BCUT2D eigenvalue weighted by Crippen LogP contribution is 2.27. The van der Waals surface area contributed by atoms with Gasteiger partial charge < -0.3 is 10.1 Å². The largest absolute Gasteiger partial charge is 0.492 e. The monoisotopic (exact) mass is 514 g/mol. The predicted octanol–water partition coefficient (Wildman–Crippen LogP) is 5.61. The van der Waals surface area contributed by atoms with Crippen molar-refractivity contribution in [2.45, 2.75) is 50.5 Å². The summed E-state index contributed by atoms with van der Waals surface area (Å²) in [6.45, 7) is 4.36. The molecule has 3 aromatic rings. The van der Waals surface area contributed by atoms with Crippen molar-refractivity contribution < 1.29 is 17.9 Å². The average molecular weight is 515 g/mol. The minimum atomic E-state index is -4.04. The molecule has 0 radical (unpaired) electrons. The third-order valence-corrected chi connectivity index (χ3v) is 7.22. The molecule has 0 aliphatic carbocycles. The molecule has 35 heavy (non-hydrogen) atoms. The Kier molecular flexibility index (Phi) is 9.72. The second-order valence-electron chi connectivity index (χ2n) is 8.18. The molecule has 0 unspecified atom stereocenters. The van der Waals surface area contributed by atoms with Gasteiger partial charge in [-0.3, -0.25) is 4.79 Å². The lowest BCUT2D eigenvalue weighted by atomic mass is 10.1. The van der Waals surface area contributed by atoms with Gasteiger partial charge in [-0.1, -0.05) is 67.4 Å². The maximum Gasteiger partial charge on any atom is 0.242 e. The zero-order valence-corrected chi connectivity index (χ0v) is 21.5. The van der Waals surface area contributed by atoms with E-state index in [2.05, 4.69) is 17.0 Å². The Hall–Kier alpha value is -2.87. The minimum absolute atomic E-state index is 0.0444. The Morgan fingerprint density at radius 1 is 0.971 bits per heavy atom. The van der Waals surface area contributed by atoms with E-state index >= 15 is 0 Å². The fourth-order valence-corrected chi connectivity index (χ4v) is 5.10. The number of hydrogen-bond donors (Lipinski definition) is 2. The molecule has 0 saturated heterocycles. The van der Waals surface area contributed by atoms with Crippen LogP contribution >= 0.6 is 11.6 Å². The zero-order valence-electron chi connectivity index (χ0n) is 20.0. The van der Waals surface area contributed by atoms with E-state index in [4.69, 9.17) is 16.3 Å². The number of hydrogen-bond acceptors (Lipinski definition) is 4. The molecular weight excluding hydrogens is 484 g/mol. The molecule has 0 aliphatic rings. The van der Waals surface area contributed by atoms with Crippen LogP contribution < -0.4 is 14.8 Å². The summed E-state index contributed by atoms with van der Waals surface area (Å²) in [5.74, 6) is -0.0511. The molecule has 1 amide bonds. The van der Waals surface area contributed by atoms with Crippen LogP contribution in [0.3, 0.4) is 0 Å². The van der Waals surface area contributed by atoms with Gasteiger partial charge in [0.05, 0.1) is 16.5 Å². The van der Waals surface area contributed by atoms with Crippen LogP contribution in [0.2, 0.25) is 5.02 Å². The first-order valence-electron chi connectivity index (χ1n) is 11.7. The van der Waals surface area contributed by atoms with Crippen LogP contribution in [0.25, 0.3) is 0 Å². The van der Waals surface area contributed by atoms with E-state index in [0.717, 1.165) is 24.8 Å². The average Bonchev–Trinajstić information content (AvgIpc) is 2.85. The van der Waals surface area contributed by atoms with Crippen LogP contribution in [0.5, 0.6) is 5.75 Å². The third-order valence-electron chi connectivity index (χ3n) is 5.45. The van der Waals surface area contributed by atoms with Gasteiger partial charge in [0.1, 0.15) is 11.8 Å². The van der Waals surface area contributed by atoms with E-state index in [-0.39, 0.29) is 16.3 Å². The summed E-state index contributed by atoms with van der Waals surface area (Å²) in [6.07, 6.45) is 3.37. The first kappa shape index (κ1) is 26.7. The van der Waals surface area contributed by atoms with Gasteiger partial charge in [0.15, 0.2) is 0 Å². The number of unbranched alkanes of at least 4 members (excludes halogenated alkanes) is 1. The van der Waals surface area contributed by atoms with Crippen molar-refractivity contribution in [3.63, 3.8) is 0 Å². The van der Waals surface area contributed by atoms with Gasteiger partial charge in [-0.15, -0.1) is 0 Å². The molecule has 2 N–H and O–H groups in total. The number of halogens is 1. The Morgan fingerprint density at radius 3 is 2.31 bits per heavy atom. The number of benzene rings is 3. The van der Waals surface area contributed by atoms with E-state index in [1.807, 2.05) is 61.5 Å². The molecule has 0 bridgehead atoms. The molecule has 6 nitrogen and oxygen atoms in total. The van der Waals surface area contributed by atoms with E-state index < -0.39 is 22.0 Å². The van der Waals surface area contributed by atoms with Crippen LogP contribution in [0.1, 0.15) is 37.8 Å². The second-order valence-corrected chi connectivity index (χ2v) is 10.3. The third kappa shape index (κ3) is 7.82. The summed E-state index contributed by atoms with van der Waals surface area (Å²) in [5.41, 5.74) is 2.63. The number of sulfonamides is 1. The molecule has 0 aromatic heterocycles. The quantitative estimate of drug-likeness (QED) is 0.329. The normalized spacial score (nSPS) is 12.2. The topological polar surface area (TPSA) is 84.5 Å². The van der Waals surface area contributed by atoms with Crippen LogP contribution in [0.4, 0.5) is 5.69 Å². The number of carbonyl (C=O) groups is 1. The number of ether oxygens (including phenoxy) is 1. The highest BCUT2D eigenvalue weighted by molar-refractivity contribution is 7.89. The number of carbonyl (C=O) groups excluding carboxylic acids is 1. The standard InChI is InChI=1S/C27H31ClN2O4S/c1-3-5-9-20-12-14-22(15-13-20)29-27(31)25(18-21-10-7-6-8-11-21)30-35(32,33)23-16-17-26(34-4-2)24(28)19-23/h6-8,10-17,19,25,30H,3-5,9,18H2,1-2H3,(H,29,31)/t25-/m1/s1. The van der Waals surface area contributed by atoms with Gasteiger partial charge in [-0.05, 0) is 67.6 Å². The van der Waals surface area contributed by atoms with Crippen molar-refractivity contribution in [2.24, 2.45) is 0 Å². The molecule has 0 saturated carbocycles. The van der Waals surface area contributed by atoms with E-state index in [1.165, 1.54) is 23.8 Å². The number of anilines is 1. The van der Waals surface area contributed by atoms with Crippen LogP contribution in [0.15, 0.2) is 77.7 Å². The maximum atomic E-state index is 13.2. The van der Waals surface area contributed by atoms with Crippen molar-refractivity contribution in [2.75, 3.05) is 11.9 Å². The van der Waals surface area contributed by atoms with Crippen LogP contribution in [0, 0.1) is 0 Å². The van der Waals surface area contributed by atoms with Gasteiger partial charge in [0, 0.05) is 5.69 Å². The molecule has 0 spiro atoms. The molecule has 0 fully saturated rings. The van der Waals surface area contributed by atoms with Crippen molar-refractivity contribution in [1.82, 2.24) is 4.72 Å². The van der Waals surface area contributed by atoms with Crippen molar-refractivity contribution in [3.05, 3.63) is 88.9 Å². The Labute approximate surface area is 212 Å². The van der Waals surface area contributed by atoms with E-state index in [1.54, 1.807) is 0 Å². The summed E-state index contributed by atoms with van der Waals surface area (Å²) >= 11 is 6.20. The molecule has 186 valence electrons. The highest BCUT2D eigenvalue weighted by atomic mass is 35.5. The smallest absolute Gasteiger partial charge is 0.242 e. The number of rotatable bonds is 12. The summed E-state index contributed by atoms with van der Waals surface area (Å²) in [6, 6.07) is 20.1. The van der Waals surface area contributed by atoms with Gasteiger partial charge in [0.2, 0.25) is 15.9 Å². The first-order chi connectivity index (χ1) is 16.8. The SMILES string of the molecule is CCCCc1ccc(NC(=O)[C@@H](Cc2ccccc2)NS(=O)(=O)c2ccc(OCC)c(Cl)c2)cc1. The maximum absolute atomic E-state index is 13.2. The first-order valence-corrected chi connectivity index (χ1v) is 13.6. The number of amides is 1. The fraction of sp³-hybridized carbons (Fsp3) is 0.296. The summed E-state index contributed by atoms with van der Waals surface area (Å²) < 4.78 is 34.3. The van der Waals surface area contributed by atoms with Crippen LogP contribution in [-0.4, -0.2) is 27.0 Å². The zero-order chi connectivity index (χ0) is 25.3. The second kappa shape index (κ2) is 12.7. The lowest BCUT2D eigenvalue weighted by Gasteiger charge is -2.19. The molecule has 3 aromatic carbocycles. The Bertz CT molecular complexity index is 1220. The Morgan fingerprint density at radius 2 is 1.69 bits per heavy atom. The molecule has 8 heteroatoms. The fourth-order valence-electron chi connectivity index (χ4n) is 3.58. The summed E-state index contributed by atoms with van der Waals surface area (Å²) in [4.78, 5) is 13.2. The predicted molar refractivity (Wildman–Crippen MR) is 141 cm³/mol. The van der Waals surface area contributed by atoms with E-state index in [0.29, 0.717) is 18.0 Å². The number of nitrogens with one attached hydrogen (secondary N) is 2. The van der Waals surface area contributed by atoms with Gasteiger partial charge >= 0.3 is 0 Å². The van der Waals surface area contributed by atoms with E-state index in [9.17, 15) is 13.2 Å².